The predicted octanol–water partition coefficient (Wildman–Crippen LogP) is 4.14. The van der Waals surface area contributed by atoms with Gasteiger partial charge in [-0.2, -0.15) is 0 Å². The molecule has 4 heteroatoms. The highest BCUT2D eigenvalue weighted by molar-refractivity contribution is 8.00. The molecule has 0 atom stereocenters. The van der Waals surface area contributed by atoms with Crippen LogP contribution in [0.5, 0.6) is 0 Å². The molecule has 17 heavy (non-hydrogen) atoms. The molecule has 0 amide bonds. The van der Waals surface area contributed by atoms with Gasteiger partial charge in [0.05, 0.1) is 5.56 Å². The van der Waals surface area contributed by atoms with Crippen molar-refractivity contribution in [2.75, 3.05) is 6.26 Å². The lowest BCUT2D eigenvalue weighted by Gasteiger charge is -2.13. The van der Waals surface area contributed by atoms with Crippen molar-refractivity contribution in [3.63, 3.8) is 0 Å². The first-order chi connectivity index (χ1) is 8.22. The normalized spacial score (nSPS) is 16.3. The second kappa shape index (κ2) is 5.83. The van der Waals surface area contributed by atoms with Crippen molar-refractivity contribution in [3.8, 4) is 0 Å². The van der Waals surface area contributed by atoms with Gasteiger partial charge in [0.25, 0.3) is 0 Å². The van der Waals surface area contributed by atoms with E-state index >= 15 is 0 Å². The summed E-state index contributed by atoms with van der Waals surface area (Å²) in [6.07, 6.45) is 6.91. The van der Waals surface area contributed by atoms with E-state index in [0.717, 1.165) is 9.79 Å². The van der Waals surface area contributed by atoms with E-state index in [1.165, 1.54) is 37.4 Å². The van der Waals surface area contributed by atoms with Crippen LogP contribution in [0, 0.1) is 0 Å². The average Bonchev–Trinajstić information content (AvgIpc) is 2.81. The number of benzene rings is 1. The molecule has 0 radical (unpaired) electrons. The SMILES string of the molecule is CSc1cccc(SC2CCCC2)c1C(=O)O. The fraction of sp³-hybridized carbons (Fsp3) is 0.462. The highest BCUT2D eigenvalue weighted by Gasteiger charge is 2.21. The Labute approximate surface area is 110 Å². The van der Waals surface area contributed by atoms with Gasteiger partial charge in [-0.15, -0.1) is 23.5 Å². The fourth-order valence-corrected chi connectivity index (χ4v) is 4.26. The van der Waals surface area contributed by atoms with Crippen molar-refractivity contribution >= 4 is 29.5 Å². The highest BCUT2D eigenvalue weighted by Crippen LogP contribution is 2.38. The van der Waals surface area contributed by atoms with Crippen molar-refractivity contribution in [1.82, 2.24) is 0 Å². The van der Waals surface area contributed by atoms with Gasteiger partial charge in [0.1, 0.15) is 0 Å². The average molecular weight is 268 g/mol. The zero-order valence-electron chi connectivity index (χ0n) is 9.81. The first-order valence-electron chi connectivity index (χ1n) is 5.79. The summed E-state index contributed by atoms with van der Waals surface area (Å²) in [4.78, 5) is 13.1. The van der Waals surface area contributed by atoms with Crippen molar-refractivity contribution in [2.24, 2.45) is 0 Å². The number of hydrogen-bond donors (Lipinski definition) is 1. The second-order valence-corrected chi connectivity index (χ2v) is 6.35. The largest absolute Gasteiger partial charge is 0.478 e. The Hall–Kier alpha value is -0.610. The molecule has 0 spiro atoms. The Morgan fingerprint density at radius 3 is 2.53 bits per heavy atom. The van der Waals surface area contributed by atoms with E-state index in [0.29, 0.717) is 10.8 Å². The monoisotopic (exact) mass is 268 g/mol. The zero-order chi connectivity index (χ0) is 12.3. The maximum atomic E-state index is 11.3. The van der Waals surface area contributed by atoms with Crippen LogP contribution in [-0.4, -0.2) is 22.6 Å². The van der Waals surface area contributed by atoms with Gasteiger partial charge >= 0.3 is 5.97 Å². The first-order valence-corrected chi connectivity index (χ1v) is 7.89. The minimum atomic E-state index is -0.810. The molecule has 1 aromatic carbocycles. The number of carbonyl (C=O) groups is 1. The van der Waals surface area contributed by atoms with E-state index in [-0.39, 0.29) is 0 Å². The van der Waals surface area contributed by atoms with Crippen LogP contribution in [-0.2, 0) is 0 Å². The van der Waals surface area contributed by atoms with Crippen molar-refractivity contribution in [3.05, 3.63) is 23.8 Å². The smallest absolute Gasteiger partial charge is 0.337 e. The summed E-state index contributed by atoms with van der Waals surface area (Å²) in [7, 11) is 0. The standard InChI is InChI=1S/C13H16O2S2/c1-16-10-7-4-8-11(12(10)13(14)15)17-9-5-2-3-6-9/h4,7-9H,2-3,5-6H2,1H3,(H,14,15). The number of hydrogen-bond acceptors (Lipinski definition) is 3. The van der Waals surface area contributed by atoms with Gasteiger partial charge in [-0.3, -0.25) is 0 Å². The molecular weight excluding hydrogens is 252 g/mol. The second-order valence-electron chi connectivity index (χ2n) is 4.16. The quantitative estimate of drug-likeness (QED) is 0.833. The molecule has 0 aromatic heterocycles. The molecule has 0 bridgehead atoms. The molecule has 2 nitrogen and oxygen atoms in total. The van der Waals surface area contributed by atoms with Gasteiger partial charge in [-0.1, -0.05) is 18.9 Å². The minimum Gasteiger partial charge on any atom is -0.478 e. The van der Waals surface area contributed by atoms with Gasteiger partial charge in [0, 0.05) is 15.0 Å². The highest BCUT2D eigenvalue weighted by atomic mass is 32.2. The van der Waals surface area contributed by atoms with Crippen molar-refractivity contribution in [1.29, 1.82) is 0 Å². The third-order valence-electron chi connectivity index (χ3n) is 3.02. The Bertz CT molecular complexity index is 412. The van der Waals surface area contributed by atoms with Gasteiger partial charge in [-0.25, -0.2) is 4.79 Å². The summed E-state index contributed by atoms with van der Waals surface area (Å²) in [5.41, 5.74) is 0.483. The molecule has 0 unspecified atom stereocenters. The molecule has 1 aliphatic carbocycles. The van der Waals surface area contributed by atoms with Gasteiger partial charge in [0.15, 0.2) is 0 Å². The van der Waals surface area contributed by atoms with E-state index in [9.17, 15) is 9.90 Å². The molecule has 1 aromatic rings. The maximum absolute atomic E-state index is 11.3. The summed E-state index contributed by atoms with van der Waals surface area (Å²) in [6, 6.07) is 5.77. The molecule has 92 valence electrons. The van der Waals surface area contributed by atoms with Crippen molar-refractivity contribution < 1.29 is 9.90 Å². The fourth-order valence-electron chi connectivity index (χ4n) is 2.18. The molecule has 1 saturated carbocycles. The molecular formula is C13H16O2S2. The number of aromatic carboxylic acids is 1. The Kier molecular flexibility index (Phi) is 4.40. The van der Waals surface area contributed by atoms with Crippen LogP contribution in [0.3, 0.4) is 0 Å². The molecule has 1 fully saturated rings. The van der Waals surface area contributed by atoms with Crippen LogP contribution >= 0.6 is 23.5 Å². The van der Waals surface area contributed by atoms with E-state index < -0.39 is 5.97 Å². The van der Waals surface area contributed by atoms with Crippen LogP contribution in [0.15, 0.2) is 28.0 Å². The van der Waals surface area contributed by atoms with E-state index in [4.69, 9.17) is 0 Å². The van der Waals surface area contributed by atoms with Gasteiger partial charge in [-0.05, 0) is 31.2 Å². The van der Waals surface area contributed by atoms with E-state index in [2.05, 4.69) is 0 Å². The van der Waals surface area contributed by atoms with Crippen LogP contribution in [0.4, 0.5) is 0 Å². The number of carboxylic acid groups (broad SMARTS) is 1. The molecule has 0 saturated heterocycles. The summed E-state index contributed by atoms with van der Waals surface area (Å²) in [5.74, 6) is -0.810. The molecule has 1 aliphatic rings. The van der Waals surface area contributed by atoms with E-state index in [1.807, 2.05) is 24.5 Å². The van der Waals surface area contributed by atoms with Gasteiger partial charge in [0.2, 0.25) is 0 Å². The number of rotatable bonds is 4. The lowest BCUT2D eigenvalue weighted by atomic mass is 10.2. The van der Waals surface area contributed by atoms with Crippen LogP contribution in [0.25, 0.3) is 0 Å². The first kappa shape index (κ1) is 12.8. The molecule has 0 aliphatic heterocycles. The lowest BCUT2D eigenvalue weighted by Crippen LogP contribution is -2.03. The third-order valence-corrected chi connectivity index (χ3v) is 5.20. The lowest BCUT2D eigenvalue weighted by molar-refractivity contribution is 0.0689. The topological polar surface area (TPSA) is 37.3 Å². The van der Waals surface area contributed by atoms with E-state index in [1.54, 1.807) is 11.8 Å². The van der Waals surface area contributed by atoms with Gasteiger partial charge < -0.3 is 5.11 Å². The van der Waals surface area contributed by atoms with Crippen LogP contribution in [0.1, 0.15) is 36.0 Å². The Morgan fingerprint density at radius 2 is 1.94 bits per heavy atom. The minimum absolute atomic E-state index is 0.483. The van der Waals surface area contributed by atoms with Crippen LogP contribution < -0.4 is 0 Å². The Morgan fingerprint density at radius 1 is 1.29 bits per heavy atom. The van der Waals surface area contributed by atoms with Crippen LogP contribution in [0.2, 0.25) is 0 Å². The maximum Gasteiger partial charge on any atom is 0.337 e. The summed E-state index contributed by atoms with van der Waals surface area (Å²) < 4.78 is 0. The number of carboxylic acids is 1. The predicted molar refractivity (Wildman–Crippen MR) is 73.3 cm³/mol. The molecule has 0 heterocycles. The zero-order valence-corrected chi connectivity index (χ0v) is 11.4. The summed E-state index contributed by atoms with van der Waals surface area (Å²) >= 11 is 3.24. The molecule has 2 rings (SSSR count). The number of thioether (sulfide) groups is 2. The third kappa shape index (κ3) is 2.99. The summed E-state index contributed by atoms with van der Waals surface area (Å²) in [6.45, 7) is 0. The molecule has 1 N–H and O–H groups in total. The van der Waals surface area contributed by atoms with Crippen molar-refractivity contribution in [2.45, 2.75) is 40.7 Å². The summed E-state index contributed by atoms with van der Waals surface area (Å²) in [5, 5.41) is 9.93. The Balaban J connectivity index is 2.28.